The van der Waals surface area contributed by atoms with Gasteiger partial charge in [-0.15, -0.1) is 0 Å². The van der Waals surface area contributed by atoms with Gasteiger partial charge in [0.2, 0.25) is 0 Å². The molecule has 3 rings (SSSR count). The van der Waals surface area contributed by atoms with Crippen molar-refractivity contribution in [2.75, 3.05) is 0 Å². The van der Waals surface area contributed by atoms with Gasteiger partial charge >= 0.3 is 0 Å². The molecule has 0 aliphatic heterocycles. The van der Waals surface area contributed by atoms with Crippen LogP contribution >= 0.6 is 0 Å². The van der Waals surface area contributed by atoms with E-state index in [2.05, 4.69) is 36.5 Å². The summed E-state index contributed by atoms with van der Waals surface area (Å²) < 4.78 is 0. The predicted octanol–water partition coefficient (Wildman–Crippen LogP) is 5.01. The van der Waals surface area contributed by atoms with E-state index in [4.69, 9.17) is 0 Å². The van der Waals surface area contributed by atoms with Crippen molar-refractivity contribution in [3.63, 3.8) is 0 Å². The fraction of sp³-hybridized carbons (Fsp3) is 0.684. The van der Waals surface area contributed by atoms with Crippen LogP contribution in [0.4, 0.5) is 0 Å². The van der Waals surface area contributed by atoms with Gasteiger partial charge in [0.05, 0.1) is 0 Å². The van der Waals surface area contributed by atoms with Crippen LogP contribution in [0, 0.1) is 5.92 Å². The van der Waals surface area contributed by atoms with Crippen LogP contribution in [0.2, 0.25) is 0 Å². The maximum Gasteiger partial charge on any atom is 0.0208 e. The van der Waals surface area contributed by atoms with Crippen LogP contribution in [0.25, 0.3) is 0 Å². The molecule has 1 atom stereocenters. The highest BCUT2D eigenvalue weighted by Gasteiger charge is 2.23. The molecule has 2 saturated carbocycles. The van der Waals surface area contributed by atoms with Gasteiger partial charge < -0.3 is 5.32 Å². The van der Waals surface area contributed by atoms with Crippen LogP contribution in [0.3, 0.4) is 0 Å². The number of rotatable bonds is 6. The first-order chi connectivity index (χ1) is 9.86. The van der Waals surface area contributed by atoms with Gasteiger partial charge in [0.15, 0.2) is 0 Å². The molecule has 2 fully saturated rings. The largest absolute Gasteiger partial charge is 0.310 e. The predicted molar refractivity (Wildman–Crippen MR) is 85.9 cm³/mol. The molecule has 1 aromatic carbocycles. The van der Waals surface area contributed by atoms with Gasteiger partial charge in [-0.3, -0.25) is 0 Å². The topological polar surface area (TPSA) is 12.0 Å². The number of benzene rings is 1. The molecule has 0 heterocycles. The number of nitrogens with one attached hydrogen (secondary N) is 1. The summed E-state index contributed by atoms with van der Waals surface area (Å²) in [6.45, 7) is 3.38. The molecule has 1 unspecified atom stereocenters. The average molecular weight is 271 g/mol. The van der Waals surface area contributed by atoms with Crippen molar-refractivity contribution >= 4 is 0 Å². The Kier molecular flexibility index (Phi) is 4.77. The Labute approximate surface area is 124 Å². The monoisotopic (exact) mass is 271 g/mol. The smallest absolute Gasteiger partial charge is 0.0208 e. The molecule has 0 amide bonds. The summed E-state index contributed by atoms with van der Waals surface area (Å²) in [5.74, 6) is 1.79. The molecule has 0 saturated heterocycles. The van der Waals surface area contributed by atoms with E-state index in [0.29, 0.717) is 0 Å². The Morgan fingerprint density at radius 3 is 2.30 bits per heavy atom. The van der Waals surface area contributed by atoms with Crippen molar-refractivity contribution in [2.24, 2.45) is 5.92 Å². The zero-order valence-corrected chi connectivity index (χ0v) is 12.9. The van der Waals surface area contributed by atoms with E-state index >= 15 is 0 Å². The first kappa shape index (κ1) is 14.1. The van der Waals surface area contributed by atoms with Crippen LogP contribution in [-0.4, -0.2) is 6.04 Å². The Morgan fingerprint density at radius 2 is 1.70 bits per heavy atom. The molecule has 0 radical (unpaired) electrons. The van der Waals surface area contributed by atoms with Crippen molar-refractivity contribution in [3.05, 3.63) is 35.4 Å². The number of hydrogen-bond donors (Lipinski definition) is 1. The molecule has 1 N–H and O–H groups in total. The summed E-state index contributed by atoms with van der Waals surface area (Å²) in [5, 5.41) is 3.82. The minimum Gasteiger partial charge on any atom is -0.310 e. The minimum absolute atomic E-state index is 0.721. The maximum absolute atomic E-state index is 3.82. The molecule has 0 aromatic heterocycles. The lowest BCUT2D eigenvalue weighted by atomic mass is 9.83. The second kappa shape index (κ2) is 6.76. The van der Waals surface area contributed by atoms with Gasteiger partial charge in [-0.2, -0.15) is 0 Å². The molecular weight excluding hydrogens is 242 g/mol. The first-order valence-electron chi connectivity index (χ1n) is 8.69. The molecule has 2 aliphatic rings. The third-order valence-electron chi connectivity index (χ3n) is 5.26. The molecule has 1 nitrogen and oxygen atoms in total. The molecule has 0 spiro atoms. The van der Waals surface area contributed by atoms with Crippen molar-refractivity contribution in [1.29, 1.82) is 0 Å². The van der Waals surface area contributed by atoms with Gasteiger partial charge in [0.25, 0.3) is 0 Å². The minimum atomic E-state index is 0.721. The van der Waals surface area contributed by atoms with E-state index in [1.54, 1.807) is 5.56 Å². The van der Waals surface area contributed by atoms with Crippen LogP contribution in [0.5, 0.6) is 0 Å². The highest BCUT2D eigenvalue weighted by molar-refractivity contribution is 5.28. The van der Waals surface area contributed by atoms with Gasteiger partial charge in [-0.25, -0.2) is 0 Å². The van der Waals surface area contributed by atoms with Crippen LogP contribution in [0.15, 0.2) is 24.3 Å². The van der Waals surface area contributed by atoms with Crippen LogP contribution in [0.1, 0.15) is 75.3 Å². The summed E-state index contributed by atoms with van der Waals surface area (Å²) in [6.07, 6.45) is 11.3. The highest BCUT2D eigenvalue weighted by Crippen LogP contribution is 2.39. The summed E-state index contributed by atoms with van der Waals surface area (Å²) in [6, 6.07) is 10.1. The Bertz CT molecular complexity index is 398. The van der Waals surface area contributed by atoms with Gasteiger partial charge in [-0.1, -0.05) is 50.5 Å². The van der Waals surface area contributed by atoms with Gasteiger partial charge in [-0.05, 0) is 55.1 Å². The summed E-state index contributed by atoms with van der Waals surface area (Å²) in [7, 11) is 0. The third-order valence-corrected chi connectivity index (χ3v) is 5.26. The Hall–Kier alpha value is -0.820. The lowest BCUT2D eigenvalue weighted by molar-refractivity contribution is 0.262. The van der Waals surface area contributed by atoms with Gasteiger partial charge in [0.1, 0.15) is 0 Å². The lowest BCUT2D eigenvalue weighted by Gasteiger charge is -2.30. The first-order valence-corrected chi connectivity index (χ1v) is 8.69. The van der Waals surface area contributed by atoms with Crippen LogP contribution < -0.4 is 5.32 Å². The Balaban J connectivity index is 1.51. The number of hydrogen-bond acceptors (Lipinski definition) is 1. The van der Waals surface area contributed by atoms with Crippen LogP contribution in [-0.2, 0) is 6.54 Å². The third kappa shape index (κ3) is 3.63. The fourth-order valence-electron chi connectivity index (χ4n) is 3.75. The van der Waals surface area contributed by atoms with Gasteiger partial charge in [0, 0.05) is 12.6 Å². The molecule has 110 valence electrons. The quantitative estimate of drug-likeness (QED) is 0.766. The average Bonchev–Trinajstić information content (AvgIpc) is 3.34. The molecule has 20 heavy (non-hydrogen) atoms. The van der Waals surface area contributed by atoms with E-state index in [-0.39, 0.29) is 0 Å². The SMILES string of the molecule is CCC(NCc1ccc(C2CC2)cc1)C1CCCCC1. The lowest BCUT2D eigenvalue weighted by Crippen LogP contribution is -2.36. The molecular formula is C19H29N. The van der Waals surface area contributed by atoms with E-state index in [1.807, 2.05) is 0 Å². The van der Waals surface area contributed by atoms with Crippen molar-refractivity contribution in [3.8, 4) is 0 Å². The van der Waals surface area contributed by atoms with Crippen molar-refractivity contribution < 1.29 is 0 Å². The second-order valence-corrected chi connectivity index (χ2v) is 6.81. The van der Waals surface area contributed by atoms with Crippen molar-refractivity contribution in [2.45, 2.75) is 76.8 Å². The van der Waals surface area contributed by atoms with E-state index in [1.165, 1.54) is 56.9 Å². The highest BCUT2D eigenvalue weighted by atomic mass is 14.9. The standard InChI is InChI=1S/C19H29N/c1-2-19(18-6-4-3-5-7-18)20-14-15-8-10-16(11-9-15)17-12-13-17/h8-11,17-20H,2-7,12-14H2,1H3. The summed E-state index contributed by atoms with van der Waals surface area (Å²) in [4.78, 5) is 0. The second-order valence-electron chi connectivity index (χ2n) is 6.81. The van der Waals surface area contributed by atoms with E-state index in [0.717, 1.165) is 24.4 Å². The maximum atomic E-state index is 3.82. The van der Waals surface area contributed by atoms with E-state index in [9.17, 15) is 0 Å². The van der Waals surface area contributed by atoms with E-state index < -0.39 is 0 Å². The summed E-state index contributed by atoms with van der Waals surface area (Å²) in [5.41, 5.74) is 3.00. The zero-order chi connectivity index (χ0) is 13.8. The van der Waals surface area contributed by atoms with Crippen molar-refractivity contribution in [1.82, 2.24) is 5.32 Å². The molecule has 2 aliphatic carbocycles. The molecule has 0 bridgehead atoms. The summed E-state index contributed by atoms with van der Waals surface area (Å²) >= 11 is 0. The zero-order valence-electron chi connectivity index (χ0n) is 12.9. The fourth-order valence-corrected chi connectivity index (χ4v) is 3.75. The molecule has 1 aromatic rings. The molecule has 1 heteroatoms. The Morgan fingerprint density at radius 1 is 1.00 bits per heavy atom. The normalized spacial score (nSPS) is 21.9.